The molecule has 0 fully saturated rings. The molecule has 0 saturated carbocycles. The van der Waals surface area contributed by atoms with Crippen LogP contribution in [0.1, 0.15) is 22.5 Å². The second-order valence-corrected chi connectivity index (χ2v) is 5.53. The Morgan fingerprint density at radius 3 is 1.83 bits per heavy atom. The zero-order valence-corrected chi connectivity index (χ0v) is 13.6. The van der Waals surface area contributed by atoms with E-state index in [9.17, 15) is 0 Å². The first-order chi connectivity index (χ1) is 11.2. The summed E-state index contributed by atoms with van der Waals surface area (Å²) in [5.74, 6) is 0. The summed E-state index contributed by atoms with van der Waals surface area (Å²) in [5.41, 5.74) is 4.75. The van der Waals surface area contributed by atoms with E-state index in [2.05, 4.69) is 102 Å². The summed E-state index contributed by atoms with van der Waals surface area (Å²) in [6.07, 6.45) is 8.57. The van der Waals surface area contributed by atoms with Gasteiger partial charge in [0.2, 0.25) is 5.69 Å². The topological polar surface area (TPSA) is 8.81 Å². The molecule has 2 nitrogen and oxygen atoms in total. The first-order valence-electron chi connectivity index (χ1n) is 7.76. The van der Waals surface area contributed by atoms with Crippen molar-refractivity contribution in [2.24, 2.45) is 14.1 Å². The van der Waals surface area contributed by atoms with Gasteiger partial charge in [0.05, 0.1) is 7.05 Å². The quantitative estimate of drug-likeness (QED) is 0.639. The summed E-state index contributed by atoms with van der Waals surface area (Å²) >= 11 is 0. The smallest absolute Gasteiger partial charge is 0.156 e. The van der Waals surface area contributed by atoms with E-state index in [1.54, 1.807) is 0 Å². The molecule has 1 aromatic heterocycles. The van der Waals surface area contributed by atoms with Gasteiger partial charge in [0.1, 0.15) is 5.69 Å². The van der Waals surface area contributed by atoms with Crippen LogP contribution in [0.25, 0.3) is 24.3 Å². The Balaban J connectivity index is 1.84. The van der Waals surface area contributed by atoms with Crippen LogP contribution in [0.2, 0.25) is 0 Å². The third-order valence-corrected chi connectivity index (χ3v) is 3.99. The molecule has 0 N–H and O–H groups in total. The van der Waals surface area contributed by atoms with E-state index in [0.29, 0.717) is 0 Å². The van der Waals surface area contributed by atoms with Crippen molar-refractivity contribution in [3.05, 3.63) is 89.2 Å². The second kappa shape index (κ2) is 6.93. The number of benzene rings is 2. The lowest BCUT2D eigenvalue weighted by atomic mass is 10.2. The molecule has 114 valence electrons. The van der Waals surface area contributed by atoms with E-state index < -0.39 is 0 Å². The number of aromatic nitrogens is 2. The molecule has 0 amide bonds. The molecule has 0 bridgehead atoms. The zero-order chi connectivity index (χ0) is 16.1. The molecule has 1 heterocycles. The van der Waals surface area contributed by atoms with Gasteiger partial charge in [-0.05, 0) is 23.3 Å². The van der Waals surface area contributed by atoms with Gasteiger partial charge in [0, 0.05) is 12.1 Å². The van der Waals surface area contributed by atoms with Gasteiger partial charge >= 0.3 is 0 Å². The normalized spacial score (nSPS) is 11.6. The highest BCUT2D eigenvalue weighted by Crippen LogP contribution is 2.11. The molecule has 0 radical (unpaired) electrons. The lowest BCUT2D eigenvalue weighted by Gasteiger charge is -1.94. The van der Waals surface area contributed by atoms with Crippen molar-refractivity contribution < 1.29 is 4.68 Å². The Labute approximate surface area is 137 Å². The van der Waals surface area contributed by atoms with Crippen LogP contribution in [0.3, 0.4) is 0 Å². The van der Waals surface area contributed by atoms with Crippen LogP contribution in [0.4, 0.5) is 0 Å². The van der Waals surface area contributed by atoms with Crippen LogP contribution < -0.4 is 4.68 Å². The van der Waals surface area contributed by atoms with Gasteiger partial charge in [-0.25, -0.2) is 0 Å². The predicted octanol–water partition coefficient (Wildman–Crippen LogP) is 4.19. The first-order valence-corrected chi connectivity index (χ1v) is 7.76. The van der Waals surface area contributed by atoms with E-state index in [4.69, 9.17) is 0 Å². The maximum Gasteiger partial charge on any atom is 0.231 e. The minimum absolute atomic E-state index is 1.17. The molecule has 3 aromatic rings. The minimum Gasteiger partial charge on any atom is -0.156 e. The summed E-state index contributed by atoms with van der Waals surface area (Å²) in [5, 5.41) is 0. The van der Waals surface area contributed by atoms with E-state index in [1.807, 2.05) is 12.1 Å². The highest BCUT2D eigenvalue weighted by molar-refractivity contribution is 5.71. The molecule has 0 spiro atoms. The van der Waals surface area contributed by atoms with Crippen LogP contribution in [-0.4, -0.2) is 4.68 Å². The summed E-state index contributed by atoms with van der Waals surface area (Å²) in [6, 6.07) is 22.9. The molecule has 0 aliphatic heterocycles. The second-order valence-electron chi connectivity index (χ2n) is 5.53. The first kappa shape index (κ1) is 15.0. The molecule has 0 aliphatic rings. The molecule has 0 saturated heterocycles. The lowest BCUT2D eigenvalue weighted by Crippen LogP contribution is -2.39. The number of nitrogens with zero attached hydrogens (tertiary/aromatic N) is 2. The molecular weight excluding hydrogens is 280 g/mol. The van der Waals surface area contributed by atoms with Gasteiger partial charge in [0.15, 0.2) is 7.05 Å². The van der Waals surface area contributed by atoms with E-state index in [0.717, 1.165) is 0 Å². The number of hydrogen-bond acceptors (Lipinski definition) is 0. The van der Waals surface area contributed by atoms with Crippen LogP contribution in [0.5, 0.6) is 0 Å². The Bertz CT molecular complexity index is 755. The summed E-state index contributed by atoms with van der Waals surface area (Å²) < 4.78 is 4.29. The van der Waals surface area contributed by atoms with Crippen molar-refractivity contribution in [3.63, 3.8) is 0 Å². The molecule has 0 aliphatic carbocycles. The third kappa shape index (κ3) is 3.67. The fraction of sp³-hybridized carbons (Fsp3) is 0.0952. The largest absolute Gasteiger partial charge is 0.231 e. The maximum atomic E-state index is 2.19. The number of rotatable bonds is 4. The summed E-state index contributed by atoms with van der Waals surface area (Å²) in [6.45, 7) is 0. The molecule has 2 aromatic carbocycles. The van der Waals surface area contributed by atoms with Crippen molar-refractivity contribution in [1.29, 1.82) is 0 Å². The van der Waals surface area contributed by atoms with Crippen LogP contribution >= 0.6 is 0 Å². The van der Waals surface area contributed by atoms with E-state index in [1.165, 1.54) is 22.5 Å². The van der Waals surface area contributed by atoms with Crippen molar-refractivity contribution in [2.45, 2.75) is 0 Å². The average Bonchev–Trinajstić information content (AvgIpc) is 2.88. The maximum absolute atomic E-state index is 2.19. The fourth-order valence-electron chi connectivity index (χ4n) is 2.49. The van der Waals surface area contributed by atoms with Crippen LogP contribution in [-0.2, 0) is 14.1 Å². The highest BCUT2D eigenvalue weighted by Gasteiger charge is 2.12. The molecule has 23 heavy (non-hydrogen) atoms. The minimum atomic E-state index is 1.17. The fourth-order valence-corrected chi connectivity index (χ4v) is 2.49. The Hall–Kier alpha value is -2.87. The molecule has 3 rings (SSSR count). The van der Waals surface area contributed by atoms with Crippen molar-refractivity contribution >= 4 is 24.3 Å². The van der Waals surface area contributed by atoms with Gasteiger partial charge in [-0.1, -0.05) is 66.7 Å². The highest BCUT2D eigenvalue weighted by atomic mass is 15.4. The van der Waals surface area contributed by atoms with Crippen LogP contribution in [0.15, 0.2) is 66.7 Å². The standard InChI is InChI=1S/C21H21N2/c1-22-20(15-13-18-9-5-3-6-10-18)17-21(23(22)2)16-14-19-11-7-4-8-12-19/h3-17H,1-2H3/q+1. The van der Waals surface area contributed by atoms with Crippen molar-refractivity contribution in [3.8, 4) is 0 Å². The predicted molar refractivity (Wildman–Crippen MR) is 97.3 cm³/mol. The molecule has 0 atom stereocenters. The van der Waals surface area contributed by atoms with Gasteiger partial charge in [-0.2, -0.15) is 4.68 Å². The summed E-state index contributed by atoms with van der Waals surface area (Å²) in [7, 11) is 4.15. The monoisotopic (exact) mass is 301 g/mol. The van der Waals surface area contributed by atoms with Gasteiger partial charge in [-0.3, -0.25) is 0 Å². The van der Waals surface area contributed by atoms with Gasteiger partial charge in [-0.15, -0.1) is 4.68 Å². The Morgan fingerprint density at radius 2 is 1.26 bits per heavy atom. The van der Waals surface area contributed by atoms with Crippen LogP contribution in [0, 0.1) is 0 Å². The molecular formula is C21H21N2+. The molecule has 0 unspecified atom stereocenters. The van der Waals surface area contributed by atoms with Crippen molar-refractivity contribution in [2.75, 3.05) is 0 Å². The SMILES string of the molecule is Cn1c(C=Cc2ccccc2)cc(C=Cc2ccccc2)[n+]1C. The Morgan fingerprint density at radius 1 is 0.739 bits per heavy atom. The average molecular weight is 301 g/mol. The van der Waals surface area contributed by atoms with Gasteiger partial charge in [0.25, 0.3) is 0 Å². The lowest BCUT2D eigenvalue weighted by molar-refractivity contribution is -0.752. The van der Waals surface area contributed by atoms with E-state index >= 15 is 0 Å². The zero-order valence-electron chi connectivity index (χ0n) is 13.6. The van der Waals surface area contributed by atoms with E-state index in [-0.39, 0.29) is 0 Å². The molecule has 2 heteroatoms. The summed E-state index contributed by atoms with van der Waals surface area (Å²) in [4.78, 5) is 0. The number of hydrogen-bond donors (Lipinski definition) is 0. The van der Waals surface area contributed by atoms with Crippen molar-refractivity contribution in [1.82, 2.24) is 4.68 Å². The Kier molecular flexibility index (Phi) is 4.53. The van der Waals surface area contributed by atoms with Gasteiger partial charge < -0.3 is 0 Å². The third-order valence-electron chi connectivity index (χ3n) is 3.99.